The molecule has 0 fully saturated rings. The Balaban J connectivity index is 2.38. The lowest BCUT2D eigenvalue weighted by atomic mass is 10.0. The number of hydrogen-bond acceptors (Lipinski definition) is 2. The number of Topliss-reactive ketones (excluding diaryl/α,β-unsaturated/α-hetero) is 1. The zero-order valence-corrected chi connectivity index (χ0v) is 8.26. The first-order chi connectivity index (χ1) is 6.68. The summed E-state index contributed by atoms with van der Waals surface area (Å²) in [6, 6.07) is 5.81. The van der Waals surface area contributed by atoms with E-state index in [4.69, 9.17) is 0 Å². The molecule has 1 N–H and O–H groups in total. The molecule has 2 nitrogen and oxygen atoms in total. The molecule has 2 rings (SSSR count). The first-order valence-corrected chi connectivity index (χ1v) is 4.75. The summed E-state index contributed by atoms with van der Waals surface area (Å²) in [7, 11) is 0. The predicted octanol–water partition coefficient (Wildman–Crippen LogP) is 2.41. The Kier molecular flexibility index (Phi) is 2.12. The van der Waals surface area contributed by atoms with Gasteiger partial charge in [0.25, 0.3) is 0 Å². The second-order valence-corrected chi connectivity index (χ2v) is 3.66. The van der Waals surface area contributed by atoms with Gasteiger partial charge in [-0.1, -0.05) is 18.7 Å². The molecule has 72 valence electrons. The summed E-state index contributed by atoms with van der Waals surface area (Å²) >= 11 is 0. The molecule has 0 aliphatic carbocycles. The highest BCUT2D eigenvalue weighted by Crippen LogP contribution is 2.24. The molecule has 0 bridgehead atoms. The van der Waals surface area contributed by atoms with Gasteiger partial charge in [0.05, 0.1) is 0 Å². The normalized spacial score (nSPS) is 13.2. The second kappa shape index (κ2) is 3.29. The van der Waals surface area contributed by atoms with Crippen molar-refractivity contribution in [2.75, 3.05) is 11.9 Å². The SMILES string of the molecule is C=C(C)C(=O)c1ccc2c(c1)NCC2. The topological polar surface area (TPSA) is 29.1 Å². The molecule has 2 heteroatoms. The summed E-state index contributed by atoms with van der Waals surface area (Å²) in [5, 5.41) is 3.25. The fourth-order valence-corrected chi connectivity index (χ4v) is 1.68. The molecule has 1 aliphatic rings. The van der Waals surface area contributed by atoms with E-state index >= 15 is 0 Å². The van der Waals surface area contributed by atoms with E-state index < -0.39 is 0 Å². The van der Waals surface area contributed by atoms with E-state index in [1.807, 2.05) is 18.2 Å². The van der Waals surface area contributed by atoms with Crippen molar-refractivity contribution in [3.63, 3.8) is 0 Å². The zero-order chi connectivity index (χ0) is 10.1. The summed E-state index contributed by atoms with van der Waals surface area (Å²) in [5.74, 6) is 0.0292. The third-order valence-corrected chi connectivity index (χ3v) is 2.47. The van der Waals surface area contributed by atoms with Crippen molar-refractivity contribution in [3.05, 3.63) is 41.5 Å². The lowest BCUT2D eigenvalue weighted by molar-refractivity contribution is 0.103. The van der Waals surface area contributed by atoms with Crippen LogP contribution in [0.15, 0.2) is 30.4 Å². The van der Waals surface area contributed by atoms with Crippen LogP contribution in [0.1, 0.15) is 22.8 Å². The number of benzene rings is 1. The number of allylic oxidation sites excluding steroid dienone is 1. The fourth-order valence-electron chi connectivity index (χ4n) is 1.68. The standard InChI is InChI=1S/C12H13NO/c1-8(2)12(14)10-4-3-9-5-6-13-11(9)7-10/h3-4,7,13H,1,5-6H2,2H3. The smallest absolute Gasteiger partial charge is 0.188 e. The van der Waals surface area contributed by atoms with E-state index in [0.717, 1.165) is 24.2 Å². The van der Waals surface area contributed by atoms with E-state index in [2.05, 4.69) is 11.9 Å². The third-order valence-electron chi connectivity index (χ3n) is 2.47. The van der Waals surface area contributed by atoms with Crippen molar-refractivity contribution in [1.29, 1.82) is 0 Å². The monoisotopic (exact) mass is 187 g/mol. The molecular weight excluding hydrogens is 174 g/mol. The van der Waals surface area contributed by atoms with Gasteiger partial charge in [0.1, 0.15) is 0 Å². The van der Waals surface area contributed by atoms with Crippen LogP contribution in [0, 0.1) is 0 Å². The molecule has 1 aliphatic heterocycles. The molecule has 0 saturated heterocycles. The summed E-state index contributed by atoms with van der Waals surface area (Å²) in [4.78, 5) is 11.6. The number of carbonyl (C=O) groups is 1. The first kappa shape index (κ1) is 9.00. The first-order valence-electron chi connectivity index (χ1n) is 4.75. The van der Waals surface area contributed by atoms with Crippen molar-refractivity contribution >= 4 is 11.5 Å². The van der Waals surface area contributed by atoms with Gasteiger partial charge in [-0.2, -0.15) is 0 Å². The second-order valence-electron chi connectivity index (χ2n) is 3.66. The molecule has 1 aromatic rings. The molecule has 0 aromatic heterocycles. The molecule has 1 aromatic carbocycles. The van der Waals surface area contributed by atoms with Gasteiger partial charge in [-0.05, 0) is 30.5 Å². The fraction of sp³-hybridized carbons (Fsp3) is 0.250. The molecule has 1 heterocycles. The molecule has 0 unspecified atom stereocenters. The van der Waals surface area contributed by atoms with Crippen LogP contribution in [-0.4, -0.2) is 12.3 Å². The highest BCUT2D eigenvalue weighted by Gasteiger charge is 2.13. The van der Waals surface area contributed by atoms with Gasteiger partial charge in [0.15, 0.2) is 5.78 Å². The van der Waals surface area contributed by atoms with Crippen LogP contribution in [0.25, 0.3) is 0 Å². The van der Waals surface area contributed by atoms with Crippen LogP contribution < -0.4 is 5.32 Å². The zero-order valence-electron chi connectivity index (χ0n) is 8.26. The van der Waals surface area contributed by atoms with Crippen molar-refractivity contribution < 1.29 is 4.79 Å². The van der Waals surface area contributed by atoms with Gasteiger partial charge in [-0.15, -0.1) is 0 Å². The van der Waals surface area contributed by atoms with E-state index in [1.165, 1.54) is 5.56 Å². The van der Waals surface area contributed by atoms with Crippen LogP contribution in [0.5, 0.6) is 0 Å². The molecule has 0 radical (unpaired) electrons. The highest BCUT2D eigenvalue weighted by atomic mass is 16.1. The van der Waals surface area contributed by atoms with Gasteiger partial charge in [0.2, 0.25) is 0 Å². The van der Waals surface area contributed by atoms with Crippen LogP contribution in [-0.2, 0) is 6.42 Å². The number of fused-ring (bicyclic) bond motifs is 1. The number of rotatable bonds is 2. The van der Waals surface area contributed by atoms with Gasteiger partial charge >= 0.3 is 0 Å². The molecule has 0 saturated carbocycles. The minimum Gasteiger partial charge on any atom is -0.384 e. The lowest BCUT2D eigenvalue weighted by Gasteiger charge is -2.03. The summed E-state index contributed by atoms with van der Waals surface area (Å²) in [6.45, 7) is 6.37. The molecule has 0 amide bonds. The van der Waals surface area contributed by atoms with Gasteiger partial charge < -0.3 is 5.32 Å². The van der Waals surface area contributed by atoms with E-state index in [0.29, 0.717) is 5.57 Å². The Labute approximate surface area is 83.6 Å². The quantitative estimate of drug-likeness (QED) is 0.569. The van der Waals surface area contributed by atoms with E-state index in [-0.39, 0.29) is 5.78 Å². The number of anilines is 1. The summed E-state index contributed by atoms with van der Waals surface area (Å²) in [5.41, 5.74) is 3.70. The van der Waals surface area contributed by atoms with Crippen molar-refractivity contribution in [2.45, 2.75) is 13.3 Å². The minimum atomic E-state index is 0.0292. The number of nitrogens with one attached hydrogen (secondary N) is 1. The van der Waals surface area contributed by atoms with E-state index in [9.17, 15) is 4.79 Å². The maximum atomic E-state index is 11.6. The Morgan fingerprint density at radius 3 is 3.00 bits per heavy atom. The predicted molar refractivity (Wildman–Crippen MR) is 57.8 cm³/mol. The molecule has 0 spiro atoms. The van der Waals surface area contributed by atoms with Crippen LogP contribution in [0.3, 0.4) is 0 Å². The van der Waals surface area contributed by atoms with Crippen molar-refractivity contribution in [1.82, 2.24) is 0 Å². The summed E-state index contributed by atoms with van der Waals surface area (Å²) in [6.07, 6.45) is 1.05. The van der Waals surface area contributed by atoms with Crippen LogP contribution >= 0.6 is 0 Å². The number of hydrogen-bond donors (Lipinski definition) is 1. The molecular formula is C12H13NO. The molecule has 14 heavy (non-hydrogen) atoms. The lowest BCUT2D eigenvalue weighted by Crippen LogP contribution is -2.00. The Morgan fingerprint density at radius 2 is 2.29 bits per heavy atom. The number of carbonyl (C=O) groups excluding carboxylic acids is 1. The third kappa shape index (κ3) is 1.43. The summed E-state index contributed by atoms with van der Waals surface area (Å²) < 4.78 is 0. The number of ketones is 1. The van der Waals surface area contributed by atoms with E-state index in [1.54, 1.807) is 6.92 Å². The minimum absolute atomic E-state index is 0.0292. The average Bonchev–Trinajstić information content (AvgIpc) is 2.62. The van der Waals surface area contributed by atoms with Gasteiger partial charge in [-0.25, -0.2) is 0 Å². The van der Waals surface area contributed by atoms with Gasteiger partial charge in [0, 0.05) is 17.8 Å². The Morgan fingerprint density at radius 1 is 1.50 bits per heavy atom. The van der Waals surface area contributed by atoms with Crippen LogP contribution in [0.4, 0.5) is 5.69 Å². The van der Waals surface area contributed by atoms with Crippen molar-refractivity contribution in [3.8, 4) is 0 Å². The Bertz CT molecular complexity index is 407. The van der Waals surface area contributed by atoms with Gasteiger partial charge in [-0.3, -0.25) is 4.79 Å². The average molecular weight is 187 g/mol. The molecule has 0 atom stereocenters. The van der Waals surface area contributed by atoms with Crippen molar-refractivity contribution in [2.24, 2.45) is 0 Å². The maximum Gasteiger partial charge on any atom is 0.188 e. The van der Waals surface area contributed by atoms with Crippen LogP contribution in [0.2, 0.25) is 0 Å². The largest absolute Gasteiger partial charge is 0.384 e. The highest BCUT2D eigenvalue weighted by molar-refractivity contribution is 6.08. The Hall–Kier alpha value is -1.57. The maximum absolute atomic E-state index is 11.6.